The standard InChI is InChI=1S/C30H51N5O11/c1-3-5-6-25(30(41)42)32-27(37)24-34(23-26(36)31-22-29(39)40)9-8-33-10-12-35(13-11-33)28(38)7-15-44-17-19-46-21-20-45-18-16-43-14-4-2/h2,25H,3,5-24H2,1H3,(H,31,36)(H,32,37)(H,39,40)(H,41,42). The van der Waals surface area contributed by atoms with Gasteiger partial charge in [0.05, 0.1) is 65.8 Å². The monoisotopic (exact) mass is 657 g/mol. The summed E-state index contributed by atoms with van der Waals surface area (Å²) in [6, 6.07) is -1.03. The average molecular weight is 658 g/mol. The third kappa shape index (κ3) is 20.7. The molecule has 0 bridgehead atoms. The normalized spacial score (nSPS) is 14.1. The van der Waals surface area contributed by atoms with Crippen LogP contribution < -0.4 is 10.6 Å². The van der Waals surface area contributed by atoms with Gasteiger partial charge in [0.2, 0.25) is 17.7 Å². The van der Waals surface area contributed by atoms with Crippen LogP contribution in [0.3, 0.4) is 0 Å². The Bertz CT molecular complexity index is 954. The molecular formula is C30H51N5O11. The van der Waals surface area contributed by atoms with Crippen LogP contribution in [-0.2, 0) is 42.9 Å². The van der Waals surface area contributed by atoms with Crippen molar-refractivity contribution in [2.75, 3.05) is 112 Å². The first-order valence-electron chi connectivity index (χ1n) is 15.6. The number of amides is 3. The smallest absolute Gasteiger partial charge is 0.326 e. The summed E-state index contributed by atoms with van der Waals surface area (Å²) in [6.07, 6.45) is 7.05. The Morgan fingerprint density at radius 3 is 2.02 bits per heavy atom. The number of hydrogen-bond donors (Lipinski definition) is 4. The summed E-state index contributed by atoms with van der Waals surface area (Å²) < 4.78 is 21.4. The van der Waals surface area contributed by atoms with Crippen molar-refractivity contribution in [1.82, 2.24) is 25.3 Å². The molecule has 1 atom stereocenters. The molecular weight excluding hydrogens is 606 g/mol. The van der Waals surface area contributed by atoms with Gasteiger partial charge in [-0.05, 0) is 6.42 Å². The number of hydrogen-bond acceptors (Lipinski definition) is 11. The van der Waals surface area contributed by atoms with E-state index in [2.05, 4.69) is 21.5 Å². The molecule has 1 rings (SSSR count). The van der Waals surface area contributed by atoms with E-state index in [4.69, 9.17) is 30.5 Å². The van der Waals surface area contributed by atoms with Crippen LogP contribution in [-0.4, -0.2) is 172 Å². The fourth-order valence-corrected chi connectivity index (χ4v) is 4.37. The van der Waals surface area contributed by atoms with E-state index in [9.17, 15) is 29.1 Å². The van der Waals surface area contributed by atoms with Crippen LogP contribution in [0.2, 0.25) is 0 Å². The van der Waals surface area contributed by atoms with Crippen molar-refractivity contribution >= 4 is 29.7 Å². The molecule has 16 heteroatoms. The predicted molar refractivity (Wildman–Crippen MR) is 166 cm³/mol. The predicted octanol–water partition coefficient (Wildman–Crippen LogP) is -1.52. The van der Waals surface area contributed by atoms with Gasteiger partial charge in [-0.25, -0.2) is 4.79 Å². The van der Waals surface area contributed by atoms with E-state index < -0.39 is 36.3 Å². The topological polar surface area (TPSA) is 197 Å². The van der Waals surface area contributed by atoms with E-state index in [1.54, 1.807) is 9.80 Å². The SMILES string of the molecule is C#CCOCCOCCOCCOCCC(=O)N1CCN(CCN(CC(=O)NCC(=O)O)CC(=O)NC(CCCC)C(=O)O)CC1. The van der Waals surface area contributed by atoms with Crippen molar-refractivity contribution in [3.63, 3.8) is 0 Å². The molecule has 46 heavy (non-hydrogen) atoms. The van der Waals surface area contributed by atoms with Gasteiger partial charge in [-0.15, -0.1) is 6.42 Å². The largest absolute Gasteiger partial charge is 0.480 e. The zero-order valence-electron chi connectivity index (χ0n) is 26.9. The minimum Gasteiger partial charge on any atom is -0.480 e. The molecule has 1 heterocycles. The Morgan fingerprint density at radius 2 is 1.46 bits per heavy atom. The van der Waals surface area contributed by atoms with Gasteiger partial charge in [-0.1, -0.05) is 25.7 Å². The Balaban J connectivity index is 2.36. The maximum Gasteiger partial charge on any atom is 0.326 e. The van der Waals surface area contributed by atoms with Gasteiger partial charge < -0.3 is 44.7 Å². The molecule has 3 amide bonds. The zero-order valence-corrected chi connectivity index (χ0v) is 26.9. The van der Waals surface area contributed by atoms with E-state index >= 15 is 0 Å². The number of carbonyl (C=O) groups excluding carboxylic acids is 3. The highest BCUT2D eigenvalue weighted by Crippen LogP contribution is 2.06. The average Bonchev–Trinajstić information content (AvgIpc) is 3.03. The van der Waals surface area contributed by atoms with Gasteiger partial charge in [0.15, 0.2) is 0 Å². The first kappa shape index (κ1) is 40.7. The Labute approximate surface area is 271 Å². The molecule has 1 fully saturated rings. The molecule has 1 aliphatic heterocycles. The molecule has 0 aromatic carbocycles. The zero-order chi connectivity index (χ0) is 34.0. The van der Waals surface area contributed by atoms with Crippen molar-refractivity contribution in [2.24, 2.45) is 0 Å². The first-order valence-corrected chi connectivity index (χ1v) is 15.6. The number of ether oxygens (including phenoxy) is 4. The molecule has 16 nitrogen and oxygen atoms in total. The molecule has 0 radical (unpaired) electrons. The van der Waals surface area contributed by atoms with E-state index in [1.807, 2.05) is 6.92 Å². The lowest BCUT2D eigenvalue weighted by molar-refractivity contribution is -0.142. The van der Waals surface area contributed by atoms with Crippen LogP contribution in [0.4, 0.5) is 0 Å². The van der Waals surface area contributed by atoms with Crippen molar-refractivity contribution in [1.29, 1.82) is 0 Å². The highest BCUT2D eigenvalue weighted by Gasteiger charge is 2.24. The minimum atomic E-state index is -1.19. The number of rotatable bonds is 27. The molecule has 0 aliphatic carbocycles. The number of nitrogens with one attached hydrogen (secondary N) is 2. The fraction of sp³-hybridized carbons (Fsp3) is 0.767. The fourth-order valence-electron chi connectivity index (χ4n) is 4.37. The second-order valence-electron chi connectivity index (χ2n) is 10.5. The molecule has 0 aromatic rings. The van der Waals surface area contributed by atoms with E-state index in [0.29, 0.717) is 91.8 Å². The van der Waals surface area contributed by atoms with Gasteiger partial charge in [-0.3, -0.25) is 29.0 Å². The number of aliphatic carboxylic acids is 2. The Kier molecular flexibility index (Phi) is 22.8. The number of carboxylic acids is 2. The summed E-state index contributed by atoms with van der Waals surface area (Å²) in [5.41, 5.74) is 0. The molecule has 1 saturated heterocycles. The lowest BCUT2D eigenvalue weighted by atomic mass is 10.1. The Hall–Kier alpha value is -3.33. The van der Waals surface area contributed by atoms with E-state index in [1.165, 1.54) is 0 Å². The molecule has 0 saturated carbocycles. The highest BCUT2D eigenvalue weighted by molar-refractivity contribution is 5.86. The van der Waals surface area contributed by atoms with E-state index in [-0.39, 0.29) is 38.6 Å². The van der Waals surface area contributed by atoms with Crippen LogP contribution >= 0.6 is 0 Å². The molecule has 0 aromatic heterocycles. The van der Waals surface area contributed by atoms with Crippen LogP contribution in [0.1, 0.15) is 32.6 Å². The Morgan fingerprint density at radius 1 is 0.870 bits per heavy atom. The molecule has 0 spiro atoms. The molecule has 262 valence electrons. The van der Waals surface area contributed by atoms with Gasteiger partial charge in [0.25, 0.3) is 0 Å². The molecule has 1 aliphatic rings. The van der Waals surface area contributed by atoms with Crippen molar-refractivity contribution in [3.05, 3.63) is 0 Å². The maximum absolute atomic E-state index is 12.7. The first-order chi connectivity index (χ1) is 22.2. The number of carbonyl (C=O) groups is 5. The minimum absolute atomic E-state index is 0.00882. The number of unbranched alkanes of at least 4 members (excludes halogenated alkanes) is 1. The van der Waals surface area contributed by atoms with Gasteiger partial charge in [-0.2, -0.15) is 0 Å². The van der Waals surface area contributed by atoms with Gasteiger partial charge >= 0.3 is 11.9 Å². The molecule has 4 N–H and O–H groups in total. The van der Waals surface area contributed by atoms with Gasteiger partial charge in [0.1, 0.15) is 19.2 Å². The van der Waals surface area contributed by atoms with Crippen LogP contribution in [0.15, 0.2) is 0 Å². The van der Waals surface area contributed by atoms with Crippen LogP contribution in [0.25, 0.3) is 0 Å². The summed E-state index contributed by atoms with van der Waals surface area (Å²) in [4.78, 5) is 65.3. The third-order valence-corrected chi connectivity index (χ3v) is 6.87. The summed E-state index contributed by atoms with van der Waals surface area (Å²) in [5.74, 6) is -1.05. The maximum atomic E-state index is 12.7. The van der Waals surface area contributed by atoms with E-state index in [0.717, 1.165) is 6.42 Å². The number of nitrogens with zero attached hydrogens (tertiary/aromatic N) is 3. The van der Waals surface area contributed by atoms with Gasteiger partial charge in [0, 0.05) is 39.3 Å². The number of carboxylic acid groups (broad SMARTS) is 2. The number of piperazine rings is 1. The van der Waals surface area contributed by atoms with Crippen molar-refractivity contribution in [2.45, 2.75) is 38.6 Å². The quantitative estimate of drug-likeness (QED) is 0.0588. The lowest BCUT2D eigenvalue weighted by Crippen LogP contribution is -2.52. The second-order valence-corrected chi connectivity index (χ2v) is 10.5. The number of terminal acetylenes is 1. The highest BCUT2D eigenvalue weighted by atomic mass is 16.6. The second kappa shape index (κ2) is 25.8. The summed E-state index contributed by atoms with van der Waals surface area (Å²) in [6.45, 7) is 7.00. The third-order valence-electron chi connectivity index (χ3n) is 6.87. The lowest BCUT2D eigenvalue weighted by Gasteiger charge is -2.35. The van der Waals surface area contributed by atoms with Crippen LogP contribution in [0, 0.1) is 12.3 Å². The summed E-state index contributed by atoms with van der Waals surface area (Å²) in [5, 5.41) is 23.0. The van der Waals surface area contributed by atoms with Crippen molar-refractivity contribution < 1.29 is 53.1 Å². The summed E-state index contributed by atoms with van der Waals surface area (Å²) in [7, 11) is 0. The summed E-state index contributed by atoms with van der Waals surface area (Å²) >= 11 is 0. The van der Waals surface area contributed by atoms with Crippen LogP contribution in [0.5, 0.6) is 0 Å². The molecule has 1 unspecified atom stereocenters. The van der Waals surface area contributed by atoms with Crippen molar-refractivity contribution in [3.8, 4) is 12.3 Å².